The predicted molar refractivity (Wildman–Crippen MR) is 135 cm³/mol. The van der Waals surface area contributed by atoms with Gasteiger partial charge in [0, 0.05) is 45.2 Å². The molecule has 1 N–H and O–H groups in total. The first kappa shape index (κ1) is 22.9. The quantitative estimate of drug-likeness (QED) is 0.586. The third kappa shape index (κ3) is 5.26. The Labute approximate surface area is 201 Å². The van der Waals surface area contributed by atoms with Crippen molar-refractivity contribution in [3.05, 3.63) is 59.7 Å². The molecule has 1 amide bonds. The Balaban J connectivity index is 1.22. The summed E-state index contributed by atoms with van der Waals surface area (Å²) in [5, 5.41) is 3.16. The fourth-order valence-corrected chi connectivity index (χ4v) is 5.10. The second-order valence-corrected chi connectivity index (χ2v) is 9.48. The molecule has 1 aromatic heterocycles. The number of morpholine rings is 1. The van der Waals surface area contributed by atoms with Crippen LogP contribution in [0.15, 0.2) is 48.5 Å². The van der Waals surface area contributed by atoms with E-state index in [-0.39, 0.29) is 11.8 Å². The zero-order valence-corrected chi connectivity index (χ0v) is 20.1. The van der Waals surface area contributed by atoms with Crippen molar-refractivity contribution in [3.8, 4) is 0 Å². The van der Waals surface area contributed by atoms with E-state index in [2.05, 4.69) is 69.1 Å². The molecule has 0 atom stereocenters. The lowest BCUT2D eigenvalue weighted by Crippen LogP contribution is -2.44. The summed E-state index contributed by atoms with van der Waals surface area (Å²) >= 11 is 0. The van der Waals surface area contributed by atoms with Crippen LogP contribution in [0.4, 0.5) is 5.95 Å². The maximum absolute atomic E-state index is 12.8. The van der Waals surface area contributed by atoms with Crippen molar-refractivity contribution in [1.29, 1.82) is 0 Å². The average molecular weight is 462 g/mol. The second kappa shape index (κ2) is 10.6. The minimum absolute atomic E-state index is 0.0792. The maximum Gasteiger partial charge on any atom is 0.223 e. The highest BCUT2D eigenvalue weighted by Crippen LogP contribution is 2.28. The molecule has 7 nitrogen and oxygen atoms in total. The van der Waals surface area contributed by atoms with E-state index in [9.17, 15) is 4.79 Å². The molecule has 0 radical (unpaired) electrons. The molecule has 2 aromatic carbocycles. The summed E-state index contributed by atoms with van der Waals surface area (Å²) in [4.78, 5) is 22.5. The first-order chi connectivity index (χ1) is 16.7. The number of anilines is 1. The molecular weight excluding hydrogens is 426 g/mol. The monoisotopic (exact) mass is 461 g/mol. The van der Waals surface area contributed by atoms with E-state index >= 15 is 0 Å². The van der Waals surface area contributed by atoms with Crippen molar-refractivity contribution in [2.45, 2.75) is 26.3 Å². The number of benzene rings is 2. The molecule has 0 aliphatic carbocycles. The number of aryl methyl sites for hydroxylation is 1. The fourth-order valence-electron chi connectivity index (χ4n) is 5.10. The molecule has 3 aromatic rings. The van der Waals surface area contributed by atoms with Crippen LogP contribution in [0.1, 0.15) is 24.0 Å². The Morgan fingerprint density at radius 3 is 2.65 bits per heavy atom. The minimum atomic E-state index is 0.0792. The Bertz CT molecular complexity index is 1110. The number of ether oxygens (including phenoxy) is 1. The van der Waals surface area contributed by atoms with Gasteiger partial charge >= 0.3 is 0 Å². The van der Waals surface area contributed by atoms with Crippen LogP contribution in [-0.2, 0) is 16.1 Å². The lowest BCUT2D eigenvalue weighted by atomic mass is 9.96. The van der Waals surface area contributed by atoms with E-state index in [4.69, 9.17) is 9.72 Å². The fraction of sp³-hybridized carbons (Fsp3) is 0.481. The van der Waals surface area contributed by atoms with Gasteiger partial charge in [-0.05, 0) is 37.5 Å². The molecule has 3 heterocycles. The number of hydrogen-bond donors (Lipinski definition) is 1. The van der Waals surface area contributed by atoms with Crippen molar-refractivity contribution in [2.75, 3.05) is 57.4 Å². The maximum atomic E-state index is 12.8. The Kier molecular flexibility index (Phi) is 7.11. The first-order valence-corrected chi connectivity index (χ1v) is 12.5. The molecule has 0 saturated carbocycles. The van der Waals surface area contributed by atoms with Crippen LogP contribution in [0.3, 0.4) is 0 Å². The molecule has 2 aliphatic rings. The number of nitrogens with one attached hydrogen (secondary N) is 1. The number of aromatic nitrogens is 2. The van der Waals surface area contributed by atoms with Crippen LogP contribution < -0.4 is 10.2 Å². The van der Waals surface area contributed by atoms with E-state index in [1.807, 2.05) is 6.07 Å². The van der Waals surface area contributed by atoms with E-state index in [1.165, 1.54) is 11.1 Å². The highest BCUT2D eigenvalue weighted by Gasteiger charge is 2.27. The SMILES string of the molecule is Cc1cccc(Cn2c(N3CCC(C(=O)NCCN4CCOCC4)CC3)nc3ccccc32)c1. The average Bonchev–Trinajstić information content (AvgIpc) is 3.23. The van der Waals surface area contributed by atoms with Gasteiger partial charge in [-0.15, -0.1) is 0 Å². The lowest BCUT2D eigenvalue weighted by molar-refractivity contribution is -0.125. The van der Waals surface area contributed by atoms with Gasteiger partial charge in [-0.2, -0.15) is 0 Å². The van der Waals surface area contributed by atoms with Gasteiger partial charge in [-0.3, -0.25) is 9.69 Å². The van der Waals surface area contributed by atoms with Crippen LogP contribution in [0.25, 0.3) is 11.0 Å². The number of piperidine rings is 1. The van der Waals surface area contributed by atoms with Gasteiger partial charge in [0.25, 0.3) is 0 Å². The summed E-state index contributed by atoms with van der Waals surface area (Å²) in [6, 6.07) is 17.0. The van der Waals surface area contributed by atoms with E-state index < -0.39 is 0 Å². The summed E-state index contributed by atoms with van der Waals surface area (Å²) in [5.41, 5.74) is 4.72. The predicted octanol–water partition coefficient (Wildman–Crippen LogP) is 3.06. The molecule has 0 unspecified atom stereocenters. The molecule has 180 valence electrons. The Morgan fingerprint density at radius 1 is 1.06 bits per heavy atom. The van der Waals surface area contributed by atoms with Crippen molar-refractivity contribution >= 4 is 22.9 Å². The summed E-state index contributed by atoms with van der Waals surface area (Å²) in [6.45, 7) is 9.73. The van der Waals surface area contributed by atoms with Crippen LogP contribution in [0.5, 0.6) is 0 Å². The van der Waals surface area contributed by atoms with Gasteiger partial charge in [0.1, 0.15) is 0 Å². The highest BCUT2D eigenvalue weighted by atomic mass is 16.5. The smallest absolute Gasteiger partial charge is 0.223 e. The Morgan fingerprint density at radius 2 is 1.85 bits per heavy atom. The Hall–Kier alpha value is -2.90. The summed E-state index contributed by atoms with van der Waals surface area (Å²) in [6.07, 6.45) is 1.72. The molecule has 0 spiro atoms. The molecule has 7 heteroatoms. The number of nitrogens with zero attached hydrogens (tertiary/aromatic N) is 4. The molecule has 5 rings (SSSR count). The van der Waals surface area contributed by atoms with Gasteiger partial charge in [0.2, 0.25) is 11.9 Å². The summed E-state index contributed by atoms with van der Waals surface area (Å²) < 4.78 is 7.72. The van der Waals surface area contributed by atoms with E-state index in [0.717, 1.165) is 82.3 Å². The number of amides is 1. The largest absolute Gasteiger partial charge is 0.379 e. The zero-order valence-electron chi connectivity index (χ0n) is 20.1. The van der Waals surface area contributed by atoms with Gasteiger partial charge in [-0.25, -0.2) is 4.98 Å². The van der Waals surface area contributed by atoms with Gasteiger partial charge in [-0.1, -0.05) is 42.0 Å². The minimum Gasteiger partial charge on any atom is -0.379 e. The lowest BCUT2D eigenvalue weighted by Gasteiger charge is -2.32. The molecule has 0 bridgehead atoms. The van der Waals surface area contributed by atoms with Crippen molar-refractivity contribution < 1.29 is 9.53 Å². The molecular formula is C27H35N5O2. The number of fused-ring (bicyclic) bond motifs is 1. The number of rotatable bonds is 7. The van der Waals surface area contributed by atoms with Crippen molar-refractivity contribution in [2.24, 2.45) is 5.92 Å². The third-order valence-corrected chi connectivity index (χ3v) is 7.04. The number of hydrogen-bond acceptors (Lipinski definition) is 5. The second-order valence-electron chi connectivity index (χ2n) is 9.48. The van der Waals surface area contributed by atoms with Crippen LogP contribution in [-0.4, -0.2) is 72.8 Å². The zero-order chi connectivity index (χ0) is 23.3. The van der Waals surface area contributed by atoms with Crippen LogP contribution in [0.2, 0.25) is 0 Å². The molecule has 2 saturated heterocycles. The van der Waals surface area contributed by atoms with Gasteiger partial charge < -0.3 is 19.5 Å². The first-order valence-electron chi connectivity index (χ1n) is 12.5. The van der Waals surface area contributed by atoms with Gasteiger partial charge in [0.05, 0.1) is 30.8 Å². The normalized spacial score (nSPS) is 17.9. The number of para-hydroxylation sites is 2. The van der Waals surface area contributed by atoms with E-state index in [1.54, 1.807) is 0 Å². The van der Waals surface area contributed by atoms with Crippen molar-refractivity contribution in [3.63, 3.8) is 0 Å². The van der Waals surface area contributed by atoms with Crippen LogP contribution in [0, 0.1) is 12.8 Å². The molecule has 34 heavy (non-hydrogen) atoms. The van der Waals surface area contributed by atoms with Crippen molar-refractivity contribution in [1.82, 2.24) is 19.8 Å². The number of imidazole rings is 1. The summed E-state index contributed by atoms with van der Waals surface area (Å²) in [5.74, 6) is 1.28. The number of carbonyl (C=O) groups is 1. The van der Waals surface area contributed by atoms with Crippen LogP contribution >= 0.6 is 0 Å². The standard InChI is InChI=1S/C27H35N5O2/c1-21-5-4-6-22(19-21)20-32-25-8-3-2-7-24(25)29-27(32)31-12-9-23(10-13-31)26(33)28-11-14-30-15-17-34-18-16-30/h2-8,19,23H,9-18,20H2,1H3,(H,28,33). The highest BCUT2D eigenvalue weighted by molar-refractivity contribution is 5.80. The van der Waals surface area contributed by atoms with Gasteiger partial charge in [0.15, 0.2) is 0 Å². The number of carbonyl (C=O) groups excluding carboxylic acids is 1. The third-order valence-electron chi connectivity index (χ3n) is 7.04. The molecule has 2 fully saturated rings. The topological polar surface area (TPSA) is 62.6 Å². The molecule has 2 aliphatic heterocycles. The summed E-state index contributed by atoms with van der Waals surface area (Å²) in [7, 11) is 0. The van der Waals surface area contributed by atoms with E-state index in [0.29, 0.717) is 6.54 Å².